The third-order valence-electron chi connectivity index (χ3n) is 6.94. The largest absolute Gasteiger partial charge is 0.487 e. The lowest BCUT2D eigenvalue weighted by atomic mass is 9.91. The first-order chi connectivity index (χ1) is 17.0. The van der Waals surface area contributed by atoms with E-state index in [-0.39, 0.29) is 29.7 Å². The average Bonchev–Trinajstić information content (AvgIpc) is 3.29. The zero-order valence-corrected chi connectivity index (χ0v) is 22.2. The van der Waals surface area contributed by atoms with Gasteiger partial charge in [-0.3, -0.25) is 9.59 Å². The number of aryl methyl sites for hydroxylation is 2. The van der Waals surface area contributed by atoms with Gasteiger partial charge >= 0.3 is 5.63 Å². The van der Waals surface area contributed by atoms with Gasteiger partial charge in [0.15, 0.2) is 6.61 Å². The highest BCUT2D eigenvalue weighted by molar-refractivity contribution is 5.93. The van der Waals surface area contributed by atoms with Gasteiger partial charge in [0.05, 0.1) is 5.39 Å². The lowest BCUT2D eigenvalue weighted by molar-refractivity contribution is -0.131. The second-order valence-corrected chi connectivity index (χ2v) is 11.3. The van der Waals surface area contributed by atoms with Crippen LogP contribution in [0.25, 0.3) is 11.0 Å². The lowest BCUT2D eigenvalue weighted by Crippen LogP contribution is -2.51. The van der Waals surface area contributed by atoms with Gasteiger partial charge in [-0.25, -0.2) is 4.79 Å². The molecule has 0 bridgehead atoms. The standard InChI is InChI=1S/C28H38N2O6/c1-15(2)13-29-26(32)24(16(3)4)30-22(31)14-34-21-12-20-19(10-11-28(5,6)36-20)25-23(21)17-8-7-9-18(17)27(33)35-25/h12,15-16,24H,7-11,13-14H2,1-6H3,(H,29,32)(H,30,31). The van der Waals surface area contributed by atoms with Crippen molar-refractivity contribution in [1.82, 2.24) is 10.6 Å². The molecule has 1 aliphatic carbocycles. The van der Waals surface area contributed by atoms with Gasteiger partial charge in [-0.2, -0.15) is 0 Å². The predicted octanol–water partition coefficient (Wildman–Crippen LogP) is 3.68. The fourth-order valence-electron chi connectivity index (χ4n) is 4.97. The van der Waals surface area contributed by atoms with E-state index in [4.69, 9.17) is 13.9 Å². The van der Waals surface area contributed by atoms with Crippen LogP contribution in [-0.4, -0.2) is 36.6 Å². The van der Waals surface area contributed by atoms with Gasteiger partial charge in [0.2, 0.25) is 5.91 Å². The predicted molar refractivity (Wildman–Crippen MR) is 138 cm³/mol. The molecule has 1 aromatic carbocycles. The van der Waals surface area contributed by atoms with Crippen LogP contribution >= 0.6 is 0 Å². The molecule has 1 aliphatic heterocycles. The van der Waals surface area contributed by atoms with Crippen LogP contribution in [0.3, 0.4) is 0 Å². The quantitative estimate of drug-likeness (QED) is 0.538. The Bertz CT molecular complexity index is 1230. The average molecular weight is 499 g/mol. The molecule has 2 aliphatic rings. The number of hydrogen-bond donors (Lipinski definition) is 2. The molecule has 196 valence electrons. The Hall–Kier alpha value is -3.03. The van der Waals surface area contributed by atoms with Gasteiger partial charge in [-0.1, -0.05) is 27.7 Å². The molecular weight excluding hydrogens is 460 g/mol. The highest BCUT2D eigenvalue weighted by atomic mass is 16.5. The number of carbonyl (C=O) groups excluding carboxylic acids is 2. The Kier molecular flexibility index (Phi) is 7.34. The van der Waals surface area contributed by atoms with Crippen LogP contribution in [0.1, 0.15) is 71.1 Å². The summed E-state index contributed by atoms with van der Waals surface area (Å²) in [6.45, 7) is 12.1. The highest BCUT2D eigenvalue weighted by Gasteiger charge is 2.33. The summed E-state index contributed by atoms with van der Waals surface area (Å²) in [6.07, 6.45) is 3.84. The van der Waals surface area contributed by atoms with E-state index in [0.29, 0.717) is 41.5 Å². The molecule has 2 N–H and O–H groups in total. The van der Waals surface area contributed by atoms with Gasteiger partial charge in [0.25, 0.3) is 5.91 Å². The van der Waals surface area contributed by atoms with Crippen LogP contribution in [0.5, 0.6) is 11.5 Å². The molecule has 2 heterocycles. The van der Waals surface area contributed by atoms with Gasteiger partial charge < -0.3 is 24.5 Å². The smallest absolute Gasteiger partial charge is 0.339 e. The molecule has 2 amide bonds. The van der Waals surface area contributed by atoms with E-state index in [2.05, 4.69) is 10.6 Å². The topological polar surface area (TPSA) is 107 Å². The zero-order valence-electron chi connectivity index (χ0n) is 22.2. The lowest BCUT2D eigenvalue weighted by Gasteiger charge is -2.33. The molecular formula is C28H38N2O6. The number of nitrogens with one attached hydrogen (secondary N) is 2. The summed E-state index contributed by atoms with van der Waals surface area (Å²) >= 11 is 0. The summed E-state index contributed by atoms with van der Waals surface area (Å²) in [7, 11) is 0. The molecule has 8 heteroatoms. The van der Waals surface area contributed by atoms with Crippen LogP contribution in [0, 0.1) is 11.8 Å². The van der Waals surface area contributed by atoms with Gasteiger partial charge in [0.1, 0.15) is 28.7 Å². The Labute approximate surface area is 212 Å². The van der Waals surface area contributed by atoms with Crippen molar-refractivity contribution in [1.29, 1.82) is 0 Å². The molecule has 0 saturated heterocycles. The minimum absolute atomic E-state index is 0.0844. The van der Waals surface area contributed by atoms with E-state index < -0.39 is 11.9 Å². The highest BCUT2D eigenvalue weighted by Crippen LogP contribution is 2.44. The summed E-state index contributed by atoms with van der Waals surface area (Å²) in [5.41, 5.74) is 2.34. The van der Waals surface area contributed by atoms with E-state index >= 15 is 0 Å². The van der Waals surface area contributed by atoms with Crippen LogP contribution < -0.4 is 25.7 Å². The van der Waals surface area contributed by atoms with E-state index in [1.807, 2.05) is 47.6 Å². The van der Waals surface area contributed by atoms with E-state index in [9.17, 15) is 14.4 Å². The molecule has 0 spiro atoms. The first-order valence-electron chi connectivity index (χ1n) is 13.0. The fourth-order valence-corrected chi connectivity index (χ4v) is 4.97. The van der Waals surface area contributed by atoms with Gasteiger partial charge in [-0.15, -0.1) is 0 Å². The summed E-state index contributed by atoms with van der Waals surface area (Å²) < 4.78 is 18.1. The van der Waals surface area contributed by atoms with Gasteiger partial charge in [0, 0.05) is 23.7 Å². The number of ether oxygens (including phenoxy) is 2. The van der Waals surface area contributed by atoms with E-state index in [0.717, 1.165) is 42.2 Å². The summed E-state index contributed by atoms with van der Waals surface area (Å²) in [5.74, 6) is 0.703. The number of fused-ring (bicyclic) bond motifs is 5. The Morgan fingerprint density at radius 2 is 1.81 bits per heavy atom. The third kappa shape index (κ3) is 5.37. The molecule has 1 unspecified atom stereocenters. The van der Waals surface area contributed by atoms with E-state index in [1.54, 1.807) is 0 Å². The molecule has 0 radical (unpaired) electrons. The van der Waals surface area contributed by atoms with Crippen molar-refractivity contribution in [2.45, 2.75) is 85.3 Å². The molecule has 1 aromatic heterocycles. The van der Waals surface area contributed by atoms with Crippen molar-refractivity contribution in [3.05, 3.63) is 33.2 Å². The molecule has 36 heavy (non-hydrogen) atoms. The molecule has 4 rings (SSSR count). The number of rotatable bonds is 8. The van der Waals surface area contributed by atoms with Crippen LogP contribution in [0.2, 0.25) is 0 Å². The van der Waals surface area contributed by atoms with Gasteiger partial charge in [-0.05, 0) is 63.4 Å². The number of hydrogen-bond acceptors (Lipinski definition) is 6. The third-order valence-corrected chi connectivity index (χ3v) is 6.94. The molecule has 2 aromatic rings. The maximum atomic E-state index is 12.9. The Morgan fingerprint density at radius 3 is 2.50 bits per heavy atom. The number of benzene rings is 1. The van der Waals surface area contributed by atoms with Crippen molar-refractivity contribution in [3.8, 4) is 11.5 Å². The first kappa shape index (κ1) is 26.0. The molecule has 8 nitrogen and oxygen atoms in total. The zero-order chi connectivity index (χ0) is 26.2. The molecule has 0 fully saturated rings. The summed E-state index contributed by atoms with van der Waals surface area (Å²) in [6, 6.07) is 1.16. The second-order valence-electron chi connectivity index (χ2n) is 11.3. The minimum Gasteiger partial charge on any atom is -0.487 e. The van der Waals surface area contributed by atoms with Crippen molar-refractivity contribution >= 4 is 22.8 Å². The normalized spacial score (nSPS) is 16.9. The monoisotopic (exact) mass is 498 g/mol. The van der Waals surface area contributed by atoms with Crippen molar-refractivity contribution in [2.75, 3.05) is 13.2 Å². The van der Waals surface area contributed by atoms with Crippen molar-refractivity contribution < 1.29 is 23.5 Å². The SMILES string of the molecule is CC(C)CNC(=O)C(NC(=O)COc1cc2c(c3oc(=O)c4c(c13)CCC4)CCC(C)(C)O2)C(C)C. The van der Waals surface area contributed by atoms with Crippen molar-refractivity contribution in [3.63, 3.8) is 0 Å². The fraction of sp³-hybridized carbons (Fsp3) is 0.607. The maximum Gasteiger partial charge on any atom is 0.339 e. The number of amides is 2. The second kappa shape index (κ2) is 10.1. The Morgan fingerprint density at radius 1 is 1.08 bits per heavy atom. The van der Waals surface area contributed by atoms with Crippen LogP contribution in [-0.2, 0) is 28.9 Å². The van der Waals surface area contributed by atoms with Crippen molar-refractivity contribution in [2.24, 2.45) is 11.8 Å². The molecule has 0 saturated carbocycles. The maximum absolute atomic E-state index is 12.9. The number of carbonyl (C=O) groups is 2. The Balaban J connectivity index is 1.61. The summed E-state index contributed by atoms with van der Waals surface area (Å²) in [4.78, 5) is 38.2. The molecule has 1 atom stereocenters. The van der Waals surface area contributed by atoms with Crippen LogP contribution in [0.4, 0.5) is 0 Å². The first-order valence-corrected chi connectivity index (χ1v) is 13.0. The summed E-state index contributed by atoms with van der Waals surface area (Å²) in [5, 5.41) is 6.46. The van der Waals surface area contributed by atoms with Crippen LogP contribution in [0.15, 0.2) is 15.3 Å². The minimum atomic E-state index is -0.661. The van der Waals surface area contributed by atoms with E-state index in [1.165, 1.54) is 0 Å².